The normalized spacial score (nSPS) is 16.1. The summed E-state index contributed by atoms with van der Waals surface area (Å²) < 4.78 is 50.0. The Kier molecular flexibility index (Phi) is 7.75. The minimum Gasteiger partial charge on any atom is -0.493 e. The van der Waals surface area contributed by atoms with Crippen LogP contribution >= 0.6 is 0 Å². The first-order valence-corrected chi connectivity index (χ1v) is 15.6. The van der Waals surface area contributed by atoms with Crippen molar-refractivity contribution in [3.63, 3.8) is 0 Å². The van der Waals surface area contributed by atoms with E-state index >= 15 is 0 Å². The fraction of sp³-hybridized carbons (Fsp3) is 0.323. The Hall–Kier alpha value is -4.13. The standard InChI is InChI=1S/C31H33FN6O4S/c1-4-13-42-29-10-9-23(43(40,41)38-12-11-22(18-38)36(2)3)14-25(29)30-34-26-16-27-28(15-24(26)31(39)35-30)37(19-33-27)17-20-5-7-21(32)8-6-20/h5-10,14-16,19,22H,4,11-13,17-18H2,1-3H3,(H,34,35,39). The highest BCUT2D eigenvalue weighted by Gasteiger charge is 2.34. The molecule has 1 N–H and O–H groups in total. The number of imidazole rings is 1. The van der Waals surface area contributed by atoms with E-state index < -0.39 is 10.0 Å². The van der Waals surface area contributed by atoms with Crippen molar-refractivity contribution in [2.45, 2.75) is 37.2 Å². The molecule has 12 heteroatoms. The van der Waals surface area contributed by atoms with E-state index in [9.17, 15) is 17.6 Å². The van der Waals surface area contributed by atoms with Crippen LogP contribution in [0.1, 0.15) is 25.3 Å². The Bertz CT molecular complexity index is 1970. The van der Waals surface area contributed by atoms with Crippen LogP contribution in [0.2, 0.25) is 0 Å². The SMILES string of the molecule is CCCOc1ccc(S(=O)(=O)N2CCC(N(C)C)C2)cc1-c1nc2cc3ncn(Cc4ccc(F)cc4)c3cc2c(=O)[nH]1. The first-order chi connectivity index (χ1) is 20.6. The van der Waals surface area contributed by atoms with E-state index in [0.29, 0.717) is 54.0 Å². The lowest BCUT2D eigenvalue weighted by molar-refractivity contribution is 0.302. The Labute approximate surface area is 248 Å². The maximum absolute atomic E-state index is 13.6. The molecule has 0 saturated carbocycles. The molecule has 1 saturated heterocycles. The Morgan fingerprint density at radius 1 is 1.09 bits per heavy atom. The van der Waals surface area contributed by atoms with Gasteiger partial charge in [-0.05, 0) is 75.0 Å². The summed E-state index contributed by atoms with van der Waals surface area (Å²) in [7, 11) is 0.115. The van der Waals surface area contributed by atoms with Gasteiger partial charge in [0.15, 0.2) is 0 Å². The zero-order valence-corrected chi connectivity index (χ0v) is 25.1. The molecule has 5 aromatic rings. The Morgan fingerprint density at radius 3 is 2.60 bits per heavy atom. The second kappa shape index (κ2) is 11.5. The van der Waals surface area contributed by atoms with Gasteiger partial charge in [0.25, 0.3) is 5.56 Å². The molecule has 6 rings (SSSR count). The van der Waals surface area contributed by atoms with Crippen LogP contribution in [0.4, 0.5) is 4.39 Å². The number of benzene rings is 3. The van der Waals surface area contributed by atoms with Crippen molar-refractivity contribution in [2.75, 3.05) is 33.8 Å². The number of rotatable bonds is 9. The number of aromatic amines is 1. The first-order valence-electron chi connectivity index (χ1n) is 14.2. The minimum atomic E-state index is -3.78. The summed E-state index contributed by atoms with van der Waals surface area (Å²) in [5.41, 5.74) is 2.70. The Morgan fingerprint density at radius 2 is 1.88 bits per heavy atom. The van der Waals surface area contributed by atoms with Crippen LogP contribution in [0.3, 0.4) is 0 Å². The molecule has 224 valence electrons. The summed E-state index contributed by atoms with van der Waals surface area (Å²) in [5.74, 6) is 0.331. The van der Waals surface area contributed by atoms with Gasteiger partial charge >= 0.3 is 0 Å². The Balaban J connectivity index is 1.40. The molecule has 1 aliphatic heterocycles. The van der Waals surface area contributed by atoms with E-state index in [1.54, 1.807) is 42.7 Å². The van der Waals surface area contributed by atoms with Gasteiger partial charge in [0.1, 0.15) is 17.4 Å². The summed E-state index contributed by atoms with van der Waals surface area (Å²) in [6.45, 7) is 3.69. The number of aromatic nitrogens is 4. The van der Waals surface area contributed by atoms with E-state index in [4.69, 9.17) is 9.72 Å². The van der Waals surface area contributed by atoms with Gasteiger partial charge in [-0.2, -0.15) is 4.31 Å². The summed E-state index contributed by atoms with van der Waals surface area (Å²) >= 11 is 0. The van der Waals surface area contributed by atoms with Crippen molar-refractivity contribution < 1.29 is 17.5 Å². The summed E-state index contributed by atoms with van der Waals surface area (Å²) in [6, 6.07) is 14.6. The molecule has 3 heterocycles. The molecular formula is C31H33FN6O4S. The minimum absolute atomic E-state index is 0.114. The van der Waals surface area contributed by atoms with Crippen molar-refractivity contribution in [2.24, 2.45) is 0 Å². The third kappa shape index (κ3) is 5.65. The molecule has 10 nitrogen and oxygen atoms in total. The zero-order valence-electron chi connectivity index (χ0n) is 24.2. The van der Waals surface area contributed by atoms with Crippen molar-refractivity contribution in [3.8, 4) is 17.1 Å². The van der Waals surface area contributed by atoms with Crippen molar-refractivity contribution in [1.29, 1.82) is 0 Å². The summed E-state index contributed by atoms with van der Waals surface area (Å²) in [5, 5.41) is 0.365. The highest BCUT2D eigenvalue weighted by Crippen LogP contribution is 2.33. The monoisotopic (exact) mass is 604 g/mol. The van der Waals surface area contributed by atoms with E-state index in [2.05, 4.69) is 9.97 Å². The molecule has 0 amide bonds. The van der Waals surface area contributed by atoms with E-state index in [1.807, 2.05) is 30.5 Å². The van der Waals surface area contributed by atoms with Crippen LogP contribution < -0.4 is 10.3 Å². The maximum atomic E-state index is 13.6. The average molecular weight is 605 g/mol. The van der Waals surface area contributed by atoms with Gasteiger partial charge in [0.05, 0.1) is 45.3 Å². The van der Waals surface area contributed by atoms with Crippen molar-refractivity contribution in [1.82, 2.24) is 28.7 Å². The number of ether oxygens (including phenoxy) is 1. The van der Waals surface area contributed by atoms with Gasteiger partial charge in [0.2, 0.25) is 10.0 Å². The number of halogens is 1. The maximum Gasteiger partial charge on any atom is 0.259 e. The van der Waals surface area contributed by atoms with Crippen molar-refractivity contribution in [3.05, 3.63) is 82.7 Å². The molecule has 0 aliphatic carbocycles. The lowest BCUT2D eigenvalue weighted by Crippen LogP contribution is -2.34. The molecule has 43 heavy (non-hydrogen) atoms. The highest BCUT2D eigenvalue weighted by atomic mass is 32.2. The van der Waals surface area contributed by atoms with Crippen LogP contribution in [-0.2, 0) is 16.6 Å². The number of nitrogens with one attached hydrogen (secondary N) is 1. The predicted octanol–water partition coefficient (Wildman–Crippen LogP) is 4.24. The number of sulfonamides is 1. The highest BCUT2D eigenvalue weighted by molar-refractivity contribution is 7.89. The van der Waals surface area contributed by atoms with Crippen LogP contribution in [0.15, 0.2) is 70.6 Å². The number of hydrogen-bond donors (Lipinski definition) is 1. The fourth-order valence-electron chi connectivity index (χ4n) is 5.42. The van der Waals surface area contributed by atoms with Crippen LogP contribution in [0, 0.1) is 5.82 Å². The molecule has 1 unspecified atom stereocenters. The number of fused-ring (bicyclic) bond motifs is 2. The molecule has 1 fully saturated rings. The molecule has 1 atom stereocenters. The summed E-state index contributed by atoms with van der Waals surface area (Å²) in [6.07, 6.45) is 3.18. The lowest BCUT2D eigenvalue weighted by atomic mass is 10.1. The fourth-order valence-corrected chi connectivity index (χ4v) is 6.94. The van der Waals surface area contributed by atoms with E-state index in [-0.39, 0.29) is 28.1 Å². The molecule has 0 spiro atoms. The number of hydrogen-bond acceptors (Lipinski definition) is 7. The van der Waals surface area contributed by atoms with Gasteiger partial charge < -0.3 is 19.2 Å². The number of nitrogens with zero attached hydrogens (tertiary/aromatic N) is 5. The quantitative estimate of drug-likeness (QED) is 0.268. The van der Waals surface area contributed by atoms with Crippen LogP contribution in [0.5, 0.6) is 5.75 Å². The van der Waals surface area contributed by atoms with E-state index in [0.717, 1.165) is 23.9 Å². The first kappa shape index (κ1) is 29.0. The molecule has 0 radical (unpaired) electrons. The lowest BCUT2D eigenvalue weighted by Gasteiger charge is -2.21. The van der Waals surface area contributed by atoms with Crippen LogP contribution in [0.25, 0.3) is 33.3 Å². The summed E-state index contributed by atoms with van der Waals surface area (Å²) in [4.78, 5) is 27.7. The second-order valence-electron chi connectivity index (χ2n) is 11.0. The van der Waals surface area contributed by atoms with Gasteiger partial charge in [-0.25, -0.2) is 22.8 Å². The second-order valence-corrected chi connectivity index (χ2v) is 13.0. The molecule has 2 aromatic heterocycles. The van der Waals surface area contributed by atoms with Gasteiger partial charge in [-0.15, -0.1) is 0 Å². The molecule has 1 aliphatic rings. The van der Waals surface area contributed by atoms with Crippen molar-refractivity contribution >= 4 is 32.0 Å². The molecule has 0 bridgehead atoms. The smallest absolute Gasteiger partial charge is 0.259 e. The largest absolute Gasteiger partial charge is 0.493 e. The number of H-pyrrole nitrogens is 1. The topological polar surface area (TPSA) is 113 Å². The van der Waals surface area contributed by atoms with Gasteiger partial charge in [0, 0.05) is 25.7 Å². The third-order valence-electron chi connectivity index (χ3n) is 7.88. The molecule has 3 aromatic carbocycles. The number of likely N-dealkylation sites (N-methyl/N-ethyl adjacent to an activating group) is 1. The molecular weight excluding hydrogens is 571 g/mol. The van der Waals surface area contributed by atoms with Gasteiger partial charge in [-0.1, -0.05) is 19.1 Å². The van der Waals surface area contributed by atoms with Crippen LogP contribution in [-0.4, -0.2) is 77.0 Å². The van der Waals surface area contributed by atoms with Gasteiger partial charge in [-0.3, -0.25) is 4.79 Å². The zero-order chi connectivity index (χ0) is 30.3. The third-order valence-corrected chi connectivity index (χ3v) is 9.74. The van der Waals surface area contributed by atoms with E-state index in [1.165, 1.54) is 22.5 Å². The predicted molar refractivity (Wildman–Crippen MR) is 163 cm³/mol. The average Bonchev–Trinajstić information content (AvgIpc) is 3.65.